The molecule has 0 atom stereocenters. The fraction of sp³-hybridized carbons (Fsp3) is 0.357. The average molecular weight is 384 g/mol. The normalized spacial score (nSPS) is 11.6. The Balaban J connectivity index is 2.55. The number of rotatable bonds is 9. The zero-order chi connectivity index (χ0) is 16.6. The van der Waals surface area contributed by atoms with Crippen LogP contribution < -0.4 is 9.47 Å². The van der Waals surface area contributed by atoms with E-state index < -0.39 is 12.0 Å². The predicted molar refractivity (Wildman–Crippen MR) is 92.5 cm³/mol. The van der Waals surface area contributed by atoms with E-state index in [1.54, 1.807) is 18.2 Å². The monoisotopic (exact) mass is 382 g/mol. The third-order valence-electron chi connectivity index (χ3n) is 2.72. The number of halogens is 3. The smallest absolute Gasteiger partial charge is 0.341 e. The minimum Gasteiger partial charge on any atom is -0.493 e. The van der Waals surface area contributed by atoms with Gasteiger partial charge in [-0.05, 0) is 42.7 Å². The van der Waals surface area contributed by atoms with Crippen molar-refractivity contribution in [2.45, 2.75) is 18.9 Å². The van der Waals surface area contributed by atoms with Gasteiger partial charge in [-0.3, -0.25) is 0 Å². The van der Waals surface area contributed by atoms with Crippen LogP contribution in [-0.2, 0) is 4.79 Å². The highest BCUT2D eigenvalue weighted by Gasteiger charge is 2.23. The second kappa shape index (κ2) is 9.30. The van der Waals surface area contributed by atoms with E-state index in [2.05, 4.69) is 0 Å². The van der Waals surface area contributed by atoms with Crippen molar-refractivity contribution in [1.82, 2.24) is 0 Å². The molecule has 0 saturated carbocycles. The lowest BCUT2D eigenvalue weighted by Gasteiger charge is -2.12. The zero-order valence-corrected chi connectivity index (χ0v) is 15.3. The third-order valence-corrected chi connectivity index (χ3v) is 5.34. The van der Waals surface area contributed by atoms with Gasteiger partial charge in [0.1, 0.15) is 0 Å². The maximum absolute atomic E-state index is 10.5. The van der Waals surface area contributed by atoms with Crippen molar-refractivity contribution in [3.8, 4) is 11.5 Å². The van der Waals surface area contributed by atoms with Crippen LogP contribution in [0, 0.1) is 0 Å². The molecule has 0 bridgehead atoms. The van der Waals surface area contributed by atoms with Crippen LogP contribution in [0.15, 0.2) is 24.3 Å². The lowest BCUT2D eigenvalue weighted by Crippen LogP contribution is -2.09. The quantitative estimate of drug-likeness (QED) is 0.293. The number of carboxylic acids is 1. The summed E-state index contributed by atoms with van der Waals surface area (Å²) in [6.07, 6.45) is 4.13. The molecule has 0 aliphatic rings. The molecule has 0 fully saturated rings. The molecule has 0 heterocycles. The summed E-state index contributed by atoms with van der Waals surface area (Å²) in [6.45, 7) is 0.496. The third kappa shape index (κ3) is 7.94. The van der Waals surface area contributed by atoms with E-state index in [4.69, 9.17) is 47.8 Å². The molecule has 0 spiro atoms. The highest BCUT2D eigenvalue weighted by molar-refractivity contribution is 7.64. The average Bonchev–Trinajstić information content (AvgIpc) is 2.44. The number of carbonyl (C=O) groups is 1. The molecule has 0 unspecified atom stereocenters. The van der Waals surface area contributed by atoms with Gasteiger partial charge in [0, 0.05) is 6.08 Å². The Bertz CT molecular complexity index is 529. The maximum Gasteiger partial charge on any atom is 0.341 e. The predicted octanol–water partition coefficient (Wildman–Crippen LogP) is 4.61. The van der Waals surface area contributed by atoms with E-state index in [0.29, 0.717) is 29.7 Å². The Morgan fingerprint density at radius 2 is 2.00 bits per heavy atom. The molecule has 1 aromatic carbocycles. The Hall–Kier alpha value is -0.883. The van der Waals surface area contributed by atoms with Crippen LogP contribution in [0.3, 0.4) is 0 Å². The van der Waals surface area contributed by atoms with Crippen LogP contribution >= 0.6 is 33.2 Å². The number of unbranched alkanes of at least 4 members (excludes halogenated alkanes) is 1. The summed E-state index contributed by atoms with van der Waals surface area (Å²) < 4.78 is 10.9. The van der Waals surface area contributed by atoms with E-state index in [9.17, 15) is 4.79 Å². The fourth-order valence-electron chi connectivity index (χ4n) is 1.68. The molecular formula is C14H17Cl3O4Si. The van der Waals surface area contributed by atoms with E-state index in [1.165, 1.54) is 13.2 Å². The van der Waals surface area contributed by atoms with Gasteiger partial charge in [-0.25, -0.2) is 4.79 Å². The number of hydrogen-bond donors (Lipinski definition) is 1. The molecule has 4 nitrogen and oxygen atoms in total. The largest absolute Gasteiger partial charge is 0.493 e. The van der Waals surface area contributed by atoms with Crippen molar-refractivity contribution in [3.05, 3.63) is 29.8 Å². The SMILES string of the molecule is COc1cc(C=CC(=O)O)ccc1OCCCC[Si](Cl)(Cl)Cl. The minimum absolute atomic E-state index is 0.496. The standard InChI is InChI=1S/C14H17Cl3O4Si/c1-20-13-10-11(5-7-14(18)19)4-6-12(13)21-8-2-3-9-22(15,16)17/h4-7,10H,2-3,8-9H2,1H3,(H,18,19). The number of hydrogen-bond acceptors (Lipinski definition) is 3. The summed E-state index contributed by atoms with van der Waals surface area (Å²) in [5, 5.41) is 8.61. The Morgan fingerprint density at radius 1 is 1.27 bits per heavy atom. The second-order valence-corrected chi connectivity index (χ2v) is 13.8. The highest BCUT2D eigenvalue weighted by Crippen LogP contribution is 2.30. The lowest BCUT2D eigenvalue weighted by molar-refractivity contribution is -0.131. The molecule has 0 amide bonds. The van der Waals surface area contributed by atoms with Crippen LogP contribution in [0.1, 0.15) is 18.4 Å². The molecule has 22 heavy (non-hydrogen) atoms. The first kappa shape index (κ1) is 19.2. The summed E-state index contributed by atoms with van der Waals surface area (Å²) in [6, 6.07) is 3.27. The Kier molecular flexibility index (Phi) is 8.10. The number of methoxy groups -OCH3 is 1. The summed E-state index contributed by atoms with van der Waals surface area (Å²) in [5.74, 6) is 0.140. The van der Waals surface area contributed by atoms with Gasteiger partial charge in [-0.1, -0.05) is 6.07 Å². The number of ether oxygens (including phenoxy) is 2. The van der Waals surface area contributed by atoms with Gasteiger partial charge in [-0.15, -0.1) is 33.2 Å². The lowest BCUT2D eigenvalue weighted by atomic mass is 10.2. The van der Waals surface area contributed by atoms with Gasteiger partial charge in [0.05, 0.1) is 13.7 Å². The molecule has 1 N–H and O–H groups in total. The summed E-state index contributed by atoms with van der Waals surface area (Å²) in [7, 11) is 1.53. The first-order valence-electron chi connectivity index (χ1n) is 6.60. The summed E-state index contributed by atoms with van der Waals surface area (Å²) in [5.41, 5.74) is 0.716. The molecule has 1 rings (SSSR count). The van der Waals surface area contributed by atoms with Crippen LogP contribution in [0.5, 0.6) is 11.5 Å². The molecule has 0 aliphatic heterocycles. The van der Waals surface area contributed by atoms with Gasteiger partial charge in [0.2, 0.25) is 0 Å². The van der Waals surface area contributed by atoms with Gasteiger partial charge in [0.25, 0.3) is 0 Å². The first-order valence-corrected chi connectivity index (χ1v) is 11.8. The first-order chi connectivity index (χ1) is 10.3. The number of aliphatic carboxylic acids is 1. The highest BCUT2D eigenvalue weighted by atomic mass is 35.8. The van der Waals surface area contributed by atoms with E-state index in [1.807, 2.05) is 0 Å². The molecule has 1 aromatic rings. The molecule has 0 aromatic heterocycles. The number of benzene rings is 1. The van der Waals surface area contributed by atoms with Crippen molar-refractivity contribution in [3.63, 3.8) is 0 Å². The van der Waals surface area contributed by atoms with Gasteiger partial charge in [-0.2, -0.15) is 0 Å². The van der Waals surface area contributed by atoms with Crippen LogP contribution in [0.2, 0.25) is 6.04 Å². The Morgan fingerprint density at radius 3 is 2.59 bits per heavy atom. The summed E-state index contributed by atoms with van der Waals surface area (Å²) in [4.78, 5) is 10.5. The maximum atomic E-state index is 10.5. The minimum atomic E-state index is -2.55. The van der Waals surface area contributed by atoms with E-state index in [0.717, 1.165) is 18.9 Å². The fourth-order valence-corrected chi connectivity index (χ4v) is 3.54. The van der Waals surface area contributed by atoms with Crippen molar-refractivity contribution in [2.24, 2.45) is 0 Å². The molecule has 0 saturated heterocycles. The van der Waals surface area contributed by atoms with Gasteiger partial charge < -0.3 is 14.6 Å². The molecular weight excluding hydrogens is 367 g/mol. The van der Waals surface area contributed by atoms with E-state index in [-0.39, 0.29) is 0 Å². The Labute approximate surface area is 144 Å². The van der Waals surface area contributed by atoms with Crippen molar-refractivity contribution in [1.29, 1.82) is 0 Å². The van der Waals surface area contributed by atoms with Gasteiger partial charge >= 0.3 is 12.0 Å². The second-order valence-electron chi connectivity index (χ2n) is 4.50. The van der Waals surface area contributed by atoms with E-state index >= 15 is 0 Å². The van der Waals surface area contributed by atoms with Crippen molar-refractivity contribution >= 4 is 51.3 Å². The van der Waals surface area contributed by atoms with Crippen LogP contribution in [0.4, 0.5) is 0 Å². The van der Waals surface area contributed by atoms with Crippen LogP contribution in [0.25, 0.3) is 6.08 Å². The van der Waals surface area contributed by atoms with Gasteiger partial charge in [0.15, 0.2) is 11.5 Å². The van der Waals surface area contributed by atoms with Crippen LogP contribution in [-0.4, -0.2) is 30.8 Å². The topological polar surface area (TPSA) is 55.8 Å². The van der Waals surface area contributed by atoms with Crippen molar-refractivity contribution in [2.75, 3.05) is 13.7 Å². The summed E-state index contributed by atoms with van der Waals surface area (Å²) >= 11 is 17.4. The van der Waals surface area contributed by atoms with Crippen molar-refractivity contribution < 1.29 is 19.4 Å². The molecule has 8 heteroatoms. The molecule has 0 aliphatic carbocycles. The molecule has 0 radical (unpaired) electrons. The molecule has 122 valence electrons. The zero-order valence-electron chi connectivity index (χ0n) is 12.0. The number of carboxylic acid groups (broad SMARTS) is 1.